The van der Waals surface area contributed by atoms with Crippen LogP contribution in [0.15, 0.2) is 15.4 Å². The van der Waals surface area contributed by atoms with E-state index in [4.69, 9.17) is 10.4 Å². The van der Waals surface area contributed by atoms with Crippen LogP contribution in [0.5, 0.6) is 0 Å². The zero-order chi connectivity index (χ0) is 5.98. The number of hydrogen-bond donors (Lipinski definition) is 2. The summed E-state index contributed by atoms with van der Waals surface area (Å²) >= 11 is 0. The Morgan fingerprint density at radius 1 is 1.50 bits per heavy atom. The predicted octanol–water partition coefficient (Wildman–Crippen LogP) is -0.373. The fraction of sp³-hybridized carbons (Fsp3) is 0. The van der Waals surface area contributed by atoms with E-state index < -0.39 is 0 Å². The molecule has 0 saturated carbocycles. The largest absolute Gasteiger partial charge is 0.451 e. The summed E-state index contributed by atoms with van der Waals surface area (Å²) < 4.78 is 0. The number of nitrogens with zero attached hydrogens (tertiary/aromatic N) is 4. The lowest BCUT2D eigenvalue weighted by molar-refractivity contribution is -0.955. The quantitative estimate of drug-likeness (QED) is 0.333. The second kappa shape index (κ2) is 1.57. The van der Waals surface area contributed by atoms with Crippen molar-refractivity contribution >= 4 is 12.1 Å². The number of rotatable bonds is 0. The Bertz CT molecular complexity index is 162. The molecular weight excluding hydrogens is 112 g/mol. The van der Waals surface area contributed by atoms with Crippen LogP contribution in [0.2, 0.25) is 0 Å². The van der Waals surface area contributed by atoms with Gasteiger partial charge >= 0.3 is 5.84 Å². The molecule has 6 nitrogen and oxygen atoms in total. The maximum atomic E-state index is 8.16. The molecule has 0 aromatic heterocycles. The second-order valence-corrected chi connectivity index (χ2v) is 1.08. The maximum Gasteiger partial charge on any atom is 0.451 e. The zero-order valence-corrected chi connectivity index (χ0v) is 3.76. The molecule has 1 aliphatic rings. The van der Waals surface area contributed by atoms with Crippen molar-refractivity contribution in [1.29, 1.82) is 0 Å². The van der Waals surface area contributed by atoms with E-state index in [1.807, 2.05) is 0 Å². The first-order valence-electron chi connectivity index (χ1n) is 1.79. The van der Waals surface area contributed by atoms with Gasteiger partial charge in [0.05, 0.1) is 5.22 Å². The van der Waals surface area contributed by atoms with Crippen LogP contribution in [0.3, 0.4) is 0 Å². The van der Waals surface area contributed by atoms with E-state index in [1.54, 1.807) is 0 Å². The first-order valence-corrected chi connectivity index (χ1v) is 1.79. The molecule has 1 heterocycles. The molecule has 0 bridgehead atoms. The molecule has 0 amide bonds. The first-order chi connectivity index (χ1) is 3.80. The van der Waals surface area contributed by atoms with Crippen LogP contribution in [0, 0.1) is 0 Å². The predicted molar refractivity (Wildman–Crippen MR) is 22.2 cm³/mol. The molecule has 0 fully saturated rings. The topological polar surface area (TPSA) is 80.5 Å². The molecular formula is C2H3N4O2+. The minimum absolute atomic E-state index is 0.0926. The van der Waals surface area contributed by atoms with Crippen LogP contribution < -0.4 is 0 Å². The van der Waals surface area contributed by atoms with E-state index >= 15 is 0 Å². The van der Waals surface area contributed by atoms with Crippen LogP contribution >= 0.6 is 0 Å². The van der Waals surface area contributed by atoms with Crippen molar-refractivity contribution in [2.75, 3.05) is 0 Å². The molecule has 0 aromatic rings. The van der Waals surface area contributed by atoms with E-state index in [0.29, 0.717) is 0 Å². The molecule has 1 aliphatic heterocycles. The summed E-state index contributed by atoms with van der Waals surface area (Å²) in [4.78, 5) is -0.153. The van der Waals surface area contributed by atoms with Gasteiger partial charge in [0.1, 0.15) is 10.0 Å². The molecule has 1 rings (SSSR count). The van der Waals surface area contributed by atoms with Gasteiger partial charge in [0.2, 0.25) is 0 Å². The third-order valence-corrected chi connectivity index (χ3v) is 0.577. The molecule has 0 unspecified atom stereocenters. The summed E-state index contributed by atoms with van der Waals surface area (Å²) in [6.07, 6.45) is 1.11. The minimum atomic E-state index is -0.153. The van der Waals surface area contributed by atoms with Gasteiger partial charge < -0.3 is 10.4 Å². The average molecular weight is 115 g/mol. The molecule has 6 heteroatoms. The summed E-state index contributed by atoms with van der Waals surface area (Å²) in [6, 6.07) is 0. The molecule has 0 aliphatic carbocycles. The first kappa shape index (κ1) is 4.69. The van der Waals surface area contributed by atoms with Crippen molar-refractivity contribution in [2.45, 2.75) is 0 Å². The van der Waals surface area contributed by atoms with E-state index in [-0.39, 0.29) is 10.7 Å². The van der Waals surface area contributed by atoms with Crippen LogP contribution in [0.25, 0.3) is 0 Å². The van der Waals surface area contributed by atoms with Gasteiger partial charge in [-0.25, -0.2) is 0 Å². The summed E-state index contributed by atoms with van der Waals surface area (Å²) in [5.74, 6) is -0.0926. The van der Waals surface area contributed by atoms with Gasteiger partial charge in [-0.15, -0.1) is 5.10 Å². The highest BCUT2D eigenvalue weighted by molar-refractivity contribution is 6.27. The molecule has 42 valence electrons. The molecule has 8 heavy (non-hydrogen) atoms. The van der Waals surface area contributed by atoms with E-state index in [0.717, 1.165) is 6.21 Å². The van der Waals surface area contributed by atoms with Crippen LogP contribution in [-0.4, -0.2) is 27.4 Å². The smallest absolute Gasteiger partial charge is 0.317 e. The standard InChI is InChI=1S/C2H3N4O2/c7-6(8)2-1-3-5-4-2/h1,7-8H/q+1. The van der Waals surface area contributed by atoms with Crippen LogP contribution in [0.1, 0.15) is 0 Å². The Labute approximate surface area is 44.0 Å². The fourth-order valence-electron chi connectivity index (χ4n) is 0.267. The monoisotopic (exact) mass is 115 g/mol. The van der Waals surface area contributed by atoms with Crippen molar-refractivity contribution in [3.8, 4) is 0 Å². The number of amidine groups is 1. The van der Waals surface area contributed by atoms with Crippen molar-refractivity contribution < 1.29 is 15.3 Å². The Morgan fingerprint density at radius 2 is 2.25 bits per heavy atom. The van der Waals surface area contributed by atoms with Gasteiger partial charge in [0.25, 0.3) is 0 Å². The summed E-state index contributed by atoms with van der Waals surface area (Å²) in [5, 5.41) is 25.8. The maximum absolute atomic E-state index is 8.16. The van der Waals surface area contributed by atoms with Crippen molar-refractivity contribution in [3.63, 3.8) is 0 Å². The van der Waals surface area contributed by atoms with Gasteiger partial charge in [-0.2, -0.15) is 0 Å². The van der Waals surface area contributed by atoms with Gasteiger partial charge in [0.15, 0.2) is 6.21 Å². The summed E-state index contributed by atoms with van der Waals surface area (Å²) in [5.41, 5.74) is 0. The second-order valence-electron chi connectivity index (χ2n) is 1.08. The van der Waals surface area contributed by atoms with E-state index in [9.17, 15) is 0 Å². The fourth-order valence-corrected chi connectivity index (χ4v) is 0.267. The Morgan fingerprint density at radius 3 is 2.50 bits per heavy atom. The Hall–Kier alpha value is -1.46. The molecule has 0 aromatic carbocycles. The zero-order valence-electron chi connectivity index (χ0n) is 3.76. The highest BCUT2D eigenvalue weighted by Crippen LogP contribution is 1.87. The molecule has 0 spiro atoms. The Kier molecular flexibility index (Phi) is 0.918. The van der Waals surface area contributed by atoms with Crippen molar-refractivity contribution in [2.24, 2.45) is 15.4 Å². The van der Waals surface area contributed by atoms with Crippen LogP contribution in [0.4, 0.5) is 0 Å². The van der Waals surface area contributed by atoms with Crippen LogP contribution in [-0.2, 0) is 0 Å². The van der Waals surface area contributed by atoms with Gasteiger partial charge in [-0.1, -0.05) is 0 Å². The normalized spacial score (nSPS) is 15.2. The lowest BCUT2D eigenvalue weighted by Crippen LogP contribution is -2.10. The third kappa shape index (κ3) is 0.625. The molecule has 0 radical (unpaired) electrons. The molecule has 0 atom stereocenters. The molecule has 0 saturated heterocycles. The minimum Gasteiger partial charge on any atom is -0.317 e. The van der Waals surface area contributed by atoms with E-state index in [2.05, 4.69) is 15.4 Å². The van der Waals surface area contributed by atoms with E-state index in [1.165, 1.54) is 0 Å². The van der Waals surface area contributed by atoms with Crippen molar-refractivity contribution in [1.82, 2.24) is 0 Å². The highest BCUT2D eigenvalue weighted by atomic mass is 16.8. The SMILES string of the molecule is O[N+](O)=C1C=NN=N1. The lowest BCUT2D eigenvalue weighted by Gasteiger charge is -1.75. The van der Waals surface area contributed by atoms with Gasteiger partial charge in [0, 0.05) is 0 Å². The molecule has 2 N–H and O–H groups in total. The number of hydrogen-bond acceptors (Lipinski definition) is 4. The highest BCUT2D eigenvalue weighted by Gasteiger charge is 2.14. The van der Waals surface area contributed by atoms with Crippen molar-refractivity contribution in [3.05, 3.63) is 0 Å². The Balaban J connectivity index is 2.90. The lowest BCUT2D eigenvalue weighted by atomic mass is 10.7. The third-order valence-electron chi connectivity index (χ3n) is 0.577. The van der Waals surface area contributed by atoms with Gasteiger partial charge in [-0.3, -0.25) is 0 Å². The summed E-state index contributed by atoms with van der Waals surface area (Å²) in [6.45, 7) is 0. The van der Waals surface area contributed by atoms with Gasteiger partial charge in [-0.05, 0) is 0 Å². The summed E-state index contributed by atoms with van der Waals surface area (Å²) in [7, 11) is 0. The average Bonchev–Trinajstić information content (AvgIpc) is 2.12.